The zero-order chi connectivity index (χ0) is 117. The molecule has 0 saturated heterocycles. The van der Waals surface area contributed by atoms with Crippen molar-refractivity contribution in [2.75, 3.05) is 0 Å². The minimum absolute atomic E-state index is 0.0362. The molecule has 0 spiro atoms. The van der Waals surface area contributed by atoms with Crippen molar-refractivity contribution >= 4 is 0 Å². The molecule has 0 aliphatic carbocycles. The lowest BCUT2D eigenvalue weighted by molar-refractivity contribution is -0.288. The summed E-state index contributed by atoms with van der Waals surface area (Å²) in [6, 6.07) is 0. The zero-order valence-electron chi connectivity index (χ0n) is 90.9. The molecular formula is C97H178F42. The van der Waals surface area contributed by atoms with Gasteiger partial charge in [0.1, 0.15) is 0 Å². The van der Waals surface area contributed by atoms with Crippen molar-refractivity contribution in [3.63, 3.8) is 0 Å². The van der Waals surface area contributed by atoms with E-state index in [1.54, 1.807) is 138 Å². The Morgan fingerprint density at radius 3 is 0.604 bits per heavy atom. The minimum Gasteiger partial charge on any atom is -0.171 e. The Balaban J connectivity index is -0.000000113. The molecule has 7 unspecified atom stereocenters. The number of hydrogen-bond acceptors (Lipinski definition) is 0. The molecule has 0 radical (unpaired) electrons. The average Bonchev–Trinajstić information content (AvgIpc) is 0.786. The van der Waals surface area contributed by atoms with Crippen LogP contribution in [0.5, 0.6) is 0 Å². The Hall–Kier alpha value is -2.94. The van der Waals surface area contributed by atoms with Gasteiger partial charge < -0.3 is 0 Å². The van der Waals surface area contributed by atoms with Crippen molar-refractivity contribution in [3.8, 4) is 0 Å². The highest BCUT2D eigenvalue weighted by molar-refractivity contribution is 4.89. The second-order valence-electron chi connectivity index (χ2n) is 43.8. The fraction of sp³-hybridized carbons (Fsp3) is 1.00. The van der Waals surface area contributed by atoms with Crippen LogP contribution in [0.25, 0.3) is 0 Å². The molecule has 0 rings (SSSR count). The summed E-state index contributed by atoms with van der Waals surface area (Å²) in [5.74, 6) is -14.4. The van der Waals surface area contributed by atoms with E-state index in [4.69, 9.17) is 0 Å². The lowest BCUT2D eigenvalue weighted by Crippen LogP contribution is -2.43. The highest BCUT2D eigenvalue weighted by atomic mass is 19.5. The van der Waals surface area contributed by atoms with Gasteiger partial charge in [-0.15, -0.1) is 0 Å². The van der Waals surface area contributed by atoms with Crippen LogP contribution in [0.3, 0.4) is 0 Å². The SMILES string of the molecule is CC(C)(C)C(C)(C)C.CC(C)(C)C(C)(C)C(F)(F)F.CC(C)C(C)(C)C(C)C(F)(F)F.CC(C)C(C)(C)C(F)(F)F.CC(C)C(C)C(C)C(F)(F)F.CC(C)C(C)C(C)C(F)(F)F.CC(C)CC(C(F)(F)F)C(F)(F)F.CCC(C)(C)CC(F)(F)F.CCC(C)[C@@H](C)C(F)(F)F.CCC(CC)CC(F)(F)F.CCCC(C)(C)C(F)(F)F.CCCCC(C(F)(F)F)C(F)(F)F.CC[C@H](C)C(C)C(F)(F)F. The van der Waals surface area contributed by atoms with E-state index < -0.39 is 192 Å². The first-order valence-corrected chi connectivity index (χ1v) is 46.6. The van der Waals surface area contributed by atoms with Crippen LogP contribution in [0.2, 0.25) is 0 Å². The van der Waals surface area contributed by atoms with E-state index in [2.05, 4.69) is 41.5 Å². The lowest BCUT2D eigenvalue weighted by Gasteiger charge is -2.40. The van der Waals surface area contributed by atoms with Crippen LogP contribution in [0.4, 0.5) is 184 Å². The van der Waals surface area contributed by atoms with Gasteiger partial charge >= 0.3 is 86.5 Å². The first-order valence-electron chi connectivity index (χ1n) is 46.6. The van der Waals surface area contributed by atoms with Gasteiger partial charge in [0.25, 0.3) is 0 Å². The first-order chi connectivity index (χ1) is 59.7. The van der Waals surface area contributed by atoms with Gasteiger partial charge in [0, 0.05) is 12.8 Å². The smallest absolute Gasteiger partial charge is 0.171 e. The standard InChI is InChI=1S/C9H17F3.3C8H15F3.C8H18.2C7H10F6.6C7H13F3/c1-6(2)8(4,5)7(3)9(10,11)12;1-6(2,3)7(4,5)8(9,10)11;2*1-5(2)6(3)7(4)8(9,10)11;1-7(2,3)8(4,5)6;1-4(2)3-5(6(8,9)10)7(11,12)13;1-2-3-4-5(6(8,9)10)7(11,12)13;1-5(2)6(3,4)7(8,9)10;1-4-6(2,3)5-7(8,9)10;1-4-5-6(2,3)7(8,9)10;2*1-4-5(2)6(3)7(8,9)10;1-3-6(4-2)5-7(8,9)10/h6-7H,1-5H3;1-5H3;2*5-7H,1-4H3;1-6H3;4-5H,3H2,1-2H3;5H,2-4H2,1H3;5H,1-4H3;2*4-5H2,1-3H3;2*5-6H,4H2,1-3H3;6H,3-5H2,1-2H3/t;;;;;;;;;;5?,6-;5-,6?;/m..........10./s1. The van der Waals surface area contributed by atoms with E-state index in [9.17, 15) is 184 Å². The normalized spacial score (nSPS) is 15.6. The molecule has 0 N–H and O–H groups in total. The minimum atomic E-state index is -5.19. The molecular weight excluding hydrogens is 1960 g/mol. The summed E-state index contributed by atoms with van der Waals surface area (Å²) in [5.41, 5.74) is -5.85. The van der Waals surface area contributed by atoms with Gasteiger partial charge in [-0.2, -0.15) is 184 Å². The molecule has 0 nitrogen and oxygen atoms in total. The Morgan fingerprint density at radius 2 is 0.532 bits per heavy atom. The summed E-state index contributed by atoms with van der Waals surface area (Å²) >= 11 is 0. The molecule has 0 aliphatic heterocycles. The van der Waals surface area contributed by atoms with Gasteiger partial charge in [0.2, 0.25) is 0 Å². The highest BCUT2D eigenvalue weighted by Crippen LogP contribution is 2.52. The topological polar surface area (TPSA) is 0 Å². The summed E-state index contributed by atoms with van der Waals surface area (Å²) < 4.78 is 502. The maximum atomic E-state index is 12.3. The molecule has 0 aromatic carbocycles. The Morgan fingerprint density at radius 1 is 0.259 bits per heavy atom. The fourth-order valence-corrected chi connectivity index (χ4v) is 8.96. The molecule has 0 bridgehead atoms. The van der Waals surface area contributed by atoms with E-state index in [-0.39, 0.29) is 66.1 Å². The van der Waals surface area contributed by atoms with E-state index in [0.29, 0.717) is 55.8 Å². The van der Waals surface area contributed by atoms with Crippen LogP contribution in [-0.2, 0) is 0 Å². The van der Waals surface area contributed by atoms with Crippen molar-refractivity contribution < 1.29 is 184 Å². The fourth-order valence-electron chi connectivity index (χ4n) is 8.96. The van der Waals surface area contributed by atoms with Gasteiger partial charge in [0.05, 0.1) is 45.8 Å². The van der Waals surface area contributed by atoms with E-state index in [0.717, 1.165) is 0 Å². The van der Waals surface area contributed by atoms with Crippen molar-refractivity contribution in [3.05, 3.63) is 0 Å². The lowest BCUT2D eigenvalue weighted by atomic mass is 9.69. The third-order valence-electron chi connectivity index (χ3n) is 26.9. The van der Waals surface area contributed by atoms with Crippen LogP contribution in [-0.4, -0.2) is 86.5 Å². The van der Waals surface area contributed by atoms with Crippen LogP contribution >= 0.6 is 0 Å². The zero-order valence-corrected chi connectivity index (χ0v) is 90.9. The second-order valence-corrected chi connectivity index (χ2v) is 43.8. The van der Waals surface area contributed by atoms with Crippen LogP contribution in [0.15, 0.2) is 0 Å². The molecule has 0 amide bonds. The second kappa shape index (κ2) is 65.1. The monoisotopic (exact) mass is 2140 g/mol. The van der Waals surface area contributed by atoms with Gasteiger partial charge in [-0.25, -0.2) is 0 Å². The Kier molecular flexibility index (Phi) is 76.8. The highest BCUT2D eigenvalue weighted by Gasteiger charge is 2.59. The summed E-state index contributed by atoms with van der Waals surface area (Å²) in [7, 11) is 0. The summed E-state index contributed by atoms with van der Waals surface area (Å²) in [6.07, 6.45) is -60.2. The van der Waals surface area contributed by atoms with Gasteiger partial charge in [0.15, 0.2) is 11.8 Å². The molecule has 0 fully saturated rings. The maximum absolute atomic E-state index is 12.3. The quantitative estimate of drug-likeness (QED) is 0.0895. The number of hydrogen-bond donors (Lipinski definition) is 0. The van der Waals surface area contributed by atoms with Gasteiger partial charge in [-0.1, -0.05) is 363 Å². The van der Waals surface area contributed by atoms with Crippen molar-refractivity contribution in [2.45, 2.75) is 482 Å². The van der Waals surface area contributed by atoms with E-state index in [1.165, 1.54) is 90.0 Å². The third kappa shape index (κ3) is 80.8. The van der Waals surface area contributed by atoms with Crippen molar-refractivity contribution in [2.24, 2.45) is 144 Å². The molecule has 0 aromatic heterocycles. The molecule has 139 heavy (non-hydrogen) atoms. The third-order valence-corrected chi connectivity index (χ3v) is 26.9. The van der Waals surface area contributed by atoms with Crippen LogP contribution in [0, 0.1) is 144 Å². The van der Waals surface area contributed by atoms with E-state index >= 15 is 0 Å². The predicted molar refractivity (Wildman–Crippen MR) is 479 cm³/mol. The van der Waals surface area contributed by atoms with Crippen LogP contribution in [0.1, 0.15) is 395 Å². The van der Waals surface area contributed by atoms with Crippen molar-refractivity contribution in [1.29, 1.82) is 0 Å². The molecule has 0 saturated carbocycles. The van der Waals surface area contributed by atoms with Crippen LogP contribution < -0.4 is 0 Å². The Labute approximate surface area is 807 Å². The number of rotatable bonds is 23. The number of halogens is 42. The van der Waals surface area contributed by atoms with E-state index in [1.807, 2.05) is 41.5 Å². The Bertz CT molecular complexity index is 2800. The molecule has 42 heteroatoms. The first kappa shape index (κ1) is 164. The van der Waals surface area contributed by atoms with Gasteiger partial charge in [-0.3, -0.25) is 0 Å². The number of alkyl halides is 42. The maximum Gasteiger partial charge on any atom is 0.400 e. The molecule has 0 heterocycles. The summed E-state index contributed by atoms with van der Waals surface area (Å²) in [6.45, 7) is 74.0. The van der Waals surface area contributed by atoms with Crippen molar-refractivity contribution in [1.82, 2.24) is 0 Å². The molecule has 860 valence electrons. The summed E-state index contributed by atoms with van der Waals surface area (Å²) in [4.78, 5) is 0. The molecule has 0 aromatic rings. The average molecular weight is 2140 g/mol. The largest absolute Gasteiger partial charge is 0.400 e. The number of unbranched alkanes of at least 4 members (excludes halogenated alkanes) is 1. The molecule has 0 aliphatic rings. The molecule has 9 atom stereocenters. The predicted octanol–water partition coefficient (Wildman–Crippen LogP) is 45.0. The summed E-state index contributed by atoms with van der Waals surface area (Å²) in [5, 5.41) is 0. The van der Waals surface area contributed by atoms with Gasteiger partial charge in [-0.05, 0) is 106 Å².